The quantitative estimate of drug-likeness (QED) is 0.739. The molecule has 1 amide bonds. The van der Waals surface area contributed by atoms with Crippen molar-refractivity contribution in [3.05, 3.63) is 59.9 Å². The number of hydrogen-bond acceptors (Lipinski definition) is 4. The largest absolute Gasteiger partial charge is 0.371 e. The van der Waals surface area contributed by atoms with E-state index >= 15 is 0 Å². The second kappa shape index (κ2) is 9.58. The van der Waals surface area contributed by atoms with Crippen LogP contribution in [0.4, 0.5) is 10.1 Å². The minimum absolute atomic E-state index is 0.0629. The van der Waals surface area contributed by atoms with Crippen molar-refractivity contribution >= 4 is 21.6 Å². The van der Waals surface area contributed by atoms with E-state index in [-0.39, 0.29) is 22.9 Å². The standard InChI is InChI=1S/C24H30FN3O3S/c1-18-6-4-5-15-28(18)24(29)22-7-2-3-8-23(22)27-16-13-20(14-17-27)26-32(30,31)21-11-9-19(25)10-12-21/h2-3,7-12,18,20,26H,4-6,13-17H2,1H3/t18-/m0/s1. The summed E-state index contributed by atoms with van der Waals surface area (Å²) >= 11 is 0. The molecule has 0 radical (unpaired) electrons. The van der Waals surface area contributed by atoms with Crippen molar-refractivity contribution in [2.24, 2.45) is 0 Å². The molecule has 0 aromatic heterocycles. The molecule has 1 atom stereocenters. The van der Waals surface area contributed by atoms with Gasteiger partial charge >= 0.3 is 0 Å². The number of nitrogens with zero attached hydrogens (tertiary/aromatic N) is 2. The van der Waals surface area contributed by atoms with Crippen LogP contribution in [0.15, 0.2) is 53.4 Å². The summed E-state index contributed by atoms with van der Waals surface area (Å²) in [5, 5.41) is 0. The van der Waals surface area contributed by atoms with Gasteiger partial charge in [-0.2, -0.15) is 0 Å². The molecule has 2 aliphatic rings. The monoisotopic (exact) mass is 459 g/mol. The highest BCUT2D eigenvalue weighted by atomic mass is 32.2. The van der Waals surface area contributed by atoms with Crippen LogP contribution in [0.25, 0.3) is 0 Å². The Bertz CT molecular complexity index is 1050. The number of anilines is 1. The molecule has 6 nitrogen and oxygen atoms in total. The van der Waals surface area contributed by atoms with Gasteiger partial charge in [0.25, 0.3) is 5.91 Å². The maximum absolute atomic E-state index is 13.3. The van der Waals surface area contributed by atoms with Gasteiger partial charge in [-0.05, 0) is 75.4 Å². The van der Waals surface area contributed by atoms with Gasteiger partial charge in [0.15, 0.2) is 0 Å². The van der Waals surface area contributed by atoms with E-state index in [2.05, 4.69) is 16.5 Å². The molecule has 2 heterocycles. The van der Waals surface area contributed by atoms with E-state index in [1.54, 1.807) is 0 Å². The third-order valence-electron chi connectivity index (χ3n) is 6.48. The number of carbonyl (C=O) groups is 1. The molecule has 0 saturated carbocycles. The number of rotatable bonds is 5. The van der Waals surface area contributed by atoms with Gasteiger partial charge in [0.2, 0.25) is 10.0 Å². The van der Waals surface area contributed by atoms with Gasteiger partial charge in [0.1, 0.15) is 5.82 Å². The Kier molecular flexibility index (Phi) is 6.81. The molecule has 2 aromatic carbocycles. The first kappa shape index (κ1) is 22.7. The average molecular weight is 460 g/mol. The molecular formula is C24H30FN3O3S. The zero-order valence-electron chi connectivity index (χ0n) is 18.3. The van der Waals surface area contributed by atoms with Crippen molar-refractivity contribution in [2.75, 3.05) is 24.5 Å². The first-order valence-corrected chi connectivity index (χ1v) is 12.8. The lowest BCUT2D eigenvalue weighted by Gasteiger charge is -2.37. The molecule has 2 aliphatic heterocycles. The third-order valence-corrected chi connectivity index (χ3v) is 8.02. The highest BCUT2D eigenvalue weighted by Crippen LogP contribution is 2.28. The lowest BCUT2D eigenvalue weighted by Crippen LogP contribution is -2.46. The Hall–Kier alpha value is -2.45. The molecule has 2 fully saturated rings. The second-order valence-corrected chi connectivity index (χ2v) is 10.4. The summed E-state index contributed by atoms with van der Waals surface area (Å²) in [7, 11) is -3.70. The maximum Gasteiger partial charge on any atom is 0.256 e. The van der Waals surface area contributed by atoms with Gasteiger partial charge < -0.3 is 9.80 Å². The van der Waals surface area contributed by atoms with E-state index < -0.39 is 15.8 Å². The molecule has 0 bridgehead atoms. The van der Waals surface area contributed by atoms with Crippen LogP contribution in [0, 0.1) is 5.82 Å². The second-order valence-electron chi connectivity index (χ2n) is 8.70. The van der Waals surface area contributed by atoms with Gasteiger partial charge in [-0.25, -0.2) is 17.5 Å². The van der Waals surface area contributed by atoms with Crippen LogP contribution in [0.3, 0.4) is 0 Å². The maximum atomic E-state index is 13.3. The third kappa shape index (κ3) is 4.96. The number of benzene rings is 2. The number of amides is 1. The van der Waals surface area contributed by atoms with E-state index in [1.807, 2.05) is 29.2 Å². The number of para-hydroxylation sites is 1. The molecule has 0 aliphatic carbocycles. The minimum atomic E-state index is -3.70. The topological polar surface area (TPSA) is 69.7 Å². The fourth-order valence-electron chi connectivity index (χ4n) is 4.62. The molecule has 1 N–H and O–H groups in total. The number of nitrogens with one attached hydrogen (secondary N) is 1. The van der Waals surface area contributed by atoms with E-state index in [0.29, 0.717) is 31.5 Å². The zero-order chi connectivity index (χ0) is 22.7. The average Bonchev–Trinajstić information content (AvgIpc) is 2.79. The summed E-state index contributed by atoms with van der Waals surface area (Å²) in [6, 6.07) is 12.6. The summed E-state index contributed by atoms with van der Waals surface area (Å²) in [4.78, 5) is 17.5. The Morgan fingerprint density at radius 1 is 0.969 bits per heavy atom. The Morgan fingerprint density at radius 2 is 1.66 bits per heavy atom. The van der Waals surface area contributed by atoms with E-state index in [9.17, 15) is 17.6 Å². The van der Waals surface area contributed by atoms with Crippen molar-refractivity contribution in [1.29, 1.82) is 0 Å². The van der Waals surface area contributed by atoms with Gasteiger partial charge in [0.05, 0.1) is 10.5 Å². The summed E-state index contributed by atoms with van der Waals surface area (Å²) in [6.07, 6.45) is 4.49. The first-order chi connectivity index (χ1) is 15.3. The van der Waals surface area contributed by atoms with Crippen LogP contribution in [0.1, 0.15) is 49.4 Å². The Morgan fingerprint density at radius 3 is 2.34 bits per heavy atom. The molecule has 4 rings (SSSR count). The molecule has 8 heteroatoms. The van der Waals surface area contributed by atoms with Crippen LogP contribution in [-0.4, -0.2) is 50.9 Å². The van der Waals surface area contributed by atoms with Crippen LogP contribution >= 0.6 is 0 Å². The van der Waals surface area contributed by atoms with Crippen molar-refractivity contribution in [2.45, 2.75) is 56.0 Å². The molecule has 2 aromatic rings. The zero-order valence-corrected chi connectivity index (χ0v) is 19.2. The minimum Gasteiger partial charge on any atom is -0.371 e. The predicted molar refractivity (Wildman–Crippen MR) is 123 cm³/mol. The summed E-state index contributed by atoms with van der Waals surface area (Å²) in [6.45, 7) is 4.20. The van der Waals surface area contributed by atoms with Gasteiger partial charge in [-0.15, -0.1) is 0 Å². The Balaban J connectivity index is 1.42. The highest BCUT2D eigenvalue weighted by molar-refractivity contribution is 7.89. The van der Waals surface area contributed by atoms with Crippen molar-refractivity contribution in [3.8, 4) is 0 Å². The summed E-state index contributed by atoms with van der Waals surface area (Å²) in [5.41, 5.74) is 1.63. The Labute approximate surface area is 189 Å². The van der Waals surface area contributed by atoms with Crippen LogP contribution in [0.2, 0.25) is 0 Å². The number of sulfonamides is 1. The molecule has 0 spiro atoms. The van der Waals surface area contributed by atoms with Gasteiger partial charge in [0, 0.05) is 37.4 Å². The number of carbonyl (C=O) groups excluding carboxylic acids is 1. The fraction of sp³-hybridized carbons (Fsp3) is 0.458. The smallest absolute Gasteiger partial charge is 0.256 e. The van der Waals surface area contributed by atoms with Gasteiger partial charge in [-0.1, -0.05) is 12.1 Å². The first-order valence-electron chi connectivity index (χ1n) is 11.3. The van der Waals surface area contributed by atoms with Crippen LogP contribution in [-0.2, 0) is 10.0 Å². The van der Waals surface area contributed by atoms with Crippen LogP contribution in [0.5, 0.6) is 0 Å². The molecule has 0 unspecified atom stereocenters. The lowest BCUT2D eigenvalue weighted by molar-refractivity contribution is 0.0636. The predicted octanol–water partition coefficient (Wildman–Crippen LogP) is 3.79. The summed E-state index contributed by atoms with van der Waals surface area (Å²) in [5.74, 6) is -0.392. The summed E-state index contributed by atoms with van der Waals surface area (Å²) < 4.78 is 41.1. The van der Waals surface area contributed by atoms with E-state index in [0.717, 1.165) is 43.6 Å². The number of hydrogen-bond donors (Lipinski definition) is 1. The van der Waals surface area contributed by atoms with E-state index in [1.165, 1.54) is 12.1 Å². The molecule has 172 valence electrons. The lowest BCUT2D eigenvalue weighted by atomic mass is 10.00. The SMILES string of the molecule is C[C@H]1CCCCN1C(=O)c1ccccc1N1CCC(NS(=O)(=O)c2ccc(F)cc2)CC1. The number of likely N-dealkylation sites (tertiary alicyclic amines) is 1. The highest BCUT2D eigenvalue weighted by Gasteiger charge is 2.29. The van der Waals surface area contributed by atoms with Crippen molar-refractivity contribution in [3.63, 3.8) is 0 Å². The fourth-order valence-corrected chi connectivity index (χ4v) is 5.93. The molecule has 2 saturated heterocycles. The van der Waals surface area contributed by atoms with E-state index in [4.69, 9.17) is 0 Å². The number of halogens is 1. The number of piperidine rings is 2. The van der Waals surface area contributed by atoms with Crippen LogP contribution < -0.4 is 9.62 Å². The molecule has 32 heavy (non-hydrogen) atoms. The molecular weight excluding hydrogens is 429 g/mol. The van der Waals surface area contributed by atoms with Crippen molar-refractivity contribution < 1.29 is 17.6 Å². The normalized spacial score (nSPS) is 20.4. The van der Waals surface area contributed by atoms with Gasteiger partial charge in [-0.3, -0.25) is 4.79 Å². The van der Waals surface area contributed by atoms with Crippen molar-refractivity contribution in [1.82, 2.24) is 9.62 Å².